The summed E-state index contributed by atoms with van der Waals surface area (Å²) in [4.78, 5) is 24.1. The lowest BCUT2D eigenvalue weighted by molar-refractivity contribution is -0.139. The van der Waals surface area contributed by atoms with Crippen LogP contribution in [0.25, 0.3) is 0 Å². The third-order valence-electron chi connectivity index (χ3n) is 3.92. The molecule has 150 valence electrons. The zero-order valence-electron chi connectivity index (χ0n) is 15.9. The highest BCUT2D eigenvalue weighted by Gasteiger charge is 2.26. The van der Waals surface area contributed by atoms with Gasteiger partial charge in [0.1, 0.15) is 11.5 Å². The molecule has 0 aromatic heterocycles. The number of benzene rings is 2. The normalized spacial score (nSPS) is 11.1. The van der Waals surface area contributed by atoms with Gasteiger partial charge in [-0.05, 0) is 24.3 Å². The number of hydrogen-bond donors (Lipinski definition) is 3. The van der Waals surface area contributed by atoms with E-state index < -0.39 is 18.0 Å². The molecule has 2 aromatic carbocycles. The van der Waals surface area contributed by atoms with Gasteiger partial charge in [0.25, 0.3) is 0 Å². The minimum atomic E-state index is -1.33. The number of amides is 2. The molecule has 0 radical (unpaired) electrons. The van der Waals surface area contributed by atoms with Crippen molar-refractivity contribution < 1.29 is 33.6 Å². The van der Waals surface area contributed by atoms with Gasteiger partial charge in [-0.2, -0.15) is 0 Å². The predicted molar refractivity (Wildman–Crippen MR) is 102 cm³/mol. The van der Waals surface area contributed by atoms with E-state index in [0.29, 0.717) is 22.9 Å². The van der Waals surface area contributed by atoms with Gasteiger partial charge in [0.15, 0.2) is 17.5 Å². The Kier molecular flexibility index (Phi) is 6.91. The molecule has 1 atom stereocenters. The number of nitrogens with one attached hydrogen (secondary N) is 2. The van der Waals surface area contributed by atoms with Crippen LogP contribution in [0.2, 0.25) is 0 Å². The Morgan fingerprint density at radius 3 is 2.11 bits per heavy atom. The Balaban J connectivity index is 2.21. The summed E-state index contributed by atoms with van der Waals surface area (Å²) in [5.41, 5.74) is 0.680. The van der Waals surface area contributed by atoms with E-state index in [1.165, 1.54) is 34.5 Å². The second-order valence-electron chi connectivity index (χ2n) is 5.55. The number of urea groups is 1. The highest BCUT2D eigenvalue weighted by Crippen LogP contribution is 2.31. The van der Waals surface area contributed by atoms with Crippen LogP contribution in [0.5, 0.6) is 23.0 Å². The fraction of sp³-hybridized carbons (Fsp3) is 0.263. The average molecular weight is 390 g/mol. The van der Waals surface area contributed by atoms with Gasteiger partial charge in [-0.1, -0.05) is 0 Å². The highest BCUT2D eigenvalue weighted by molar-refractivity contribution is 5.93. The second kappa shape index (κ2) is 9.36. The van der Waals surface area contributed by atoms with Gasteiger partial charge >= 0.3 is 12.0 Å². The number of carboxylic acid groups (broad SMARTS) is 1. The van der Waals surface area contributed by atoms with Crippen LogP contribution >= 0.6 is 0 Å². The summed E-state index contributed by atoms with van der Waals surface area (Å²) in [5.74, 6) is 0.454. The van der Waals surface area contributed by atoms with Crippen LogP contribution in [0.1, 0.15) is 11.6 Å². The Labute approximate surface area is 162 Å². The molecule has 3 N–H and O–H groups in total. The van der Waals surface area contributed by atoms with E-state index in [1.807, 2.05) is 0 Å². The molecule has 0 unspecified atom stereocenters. The molecule has 0 aliphatic heterocycles. The molecule has 0 bridgehead atoms. The minimum Gasteiger partial charge on any atom is -0.497 e. The number of aliphatic carboxylic acids is 1. The van der Waals surface area contributed by atoms with Gasteiger partial charge in [0.2, 0.25) is 0 Å². The SMILES string of the molecule is COc1ccc([C@@H](NC(=O)Nc2ccc(OC)c(OC)c2)C(=O)O)c(OC)c1. The number of carboxylic acids is 1. The van der Waals surface area contributed by atoms with E-state index in [4.69, 9.17) is 18.9 Å². The summed E-state index contributed by atoms with van der Waals surface area (Å²) >= 11 is 0. The molecule has 28 heavy (non-hydrogen) atoms. The number of methoxy groups -OCH3 is 4. The summed E-state index contributed by atoms with van der Waals surface area (Å²) in [5, 5.41) is 14.6. The summed E-state index contributed by atoms with van der Waals surface area (Å²) in [7, 11) is 5.86. The third kappa shape index (κ3) is 4.76. The summed E-state index contributed by atoms with van der Waals surface area (Å²) in [6, 6.07) is 7.38. The fourth-order valence-corrected chi connectivity index (χ4v) is 2.54. The average Bonchev–Trinajstić information content (AvgIpc) is 2.71. The van der Waals surface area contributed by atoms with Gasteiger partial charge in [0.05, 0.1) is 28.4 Å². The Bertz CT molecular complexity index is 854. The van der Waals surface area contributed by atoms with Crippen molar-refractivity contribution in [3.63, 3.8) is 0 Å². The highest BCUT2D eigenvalue weighted by atomic mass is 16.5. The largest absolute Gasteiger partial charge is 0.497 e. The van der Waals surface area contributed by atoms with Crippen molar-refractivity contribution in [2.75, 3.05) is 33.8 Å². The lowest BCUT2D eigenvalue weighted by Crippen LogP contribution is -2.37. The van der Waals surface area contributed by atoms with Crippen molar-refractivity contribution in [1.82, 2.24) is 5.32 Å². The molecule has 0 saturated carbocycles. The monoisotopic (exact) mass is 390 g/mol. The number of hydrogen-bond acceptors (Lipinski definition) is 6. The summed E-state index contributed by atoms with van der Waals surface area (Å²) in [6.07, 6.45) is 0. The van der Waals surface area contributed by atoms with E-state index in [1.54, 1.807) is 30.3 Å². The Morgan fingerprint density at radius 1 is 0.857 bits per heavy atom. The van der Waals surface area contributed by atoms with Gasteiger partial charge in [0, 0.05) is 23.4 Å². The number of ether oxygens (including phenoxy) is 4. The molecule has 0 aliphatic rings. The molecule has 2 rings (SSSR count). The molecule has 0 saturated heterocycles. The van der Waals surface area contributed by atoms with Crippen LogP contribution in [-0.2, 0) is 4.79 Å². The maximum absolute atomic E-state index is 12.4. The topological polar surface area (TPSA) is 115 Å². The molecule has 2 aromatic rings. The number of anilines is 1. The van der Waals surface area contributed by atoms with E-state index in [-0.39, 0.29) is 11.3 Å². The molecule has 0 fully saturated rings. The quantitative estimate of drug-likeness (QED) is 0.635. The van der Waals surface area contributed by atoms with Crippen molar-refractivity contribution in [2.45, 2.75) is 6.04 Å². The van der Waals surface area contributed by atoms with E-state index >= 15 is 0 Å². The van der Waals surface area contributed by atoms with Crippen LogP contribution in [0.4, 0.5) is 10.5 Å². The first kappa shape index (κ1) is 20.7. The first-order valence-corrected chi connectivity index (χ1v) is 8.17. The van der Waals surface area contributed by atoms with Gasteiger partial charge in [-0.15, -0.1) is 0 Å². The van der Waals surface area contributed by atoms with Crippen molar-refractivity contribution in [3.05, 3.63) is 42.0 Å². The van der Waals surface area contributed by atoms with Gasteiger partial charge < -0.3 is 34.7 Å². The maximum atomic E-state index is 12.4. The molecule has 0 spiro atoms. The minimum absolute atomic E-state index is 0.276. The summed E-state index contributed by atoms with van der Waals surface area (Å²) in [6.45, 7) is 0. The number of rotatable bonds is 8. The van der Waals surface area contributed by atoms with Crippen LogP contribution in [-0.4, -0.2) is 45.5 Å². The number of carbonyl (C=O) groups is 2. The standard InChI is InChI=1S/C19H22N2O7/c1-25-12-6-7-13(15(10-12)27-3)17(18(22)23)21-19(24)20-11-5-8-14(26-2)16(9-11)28-4/h5-10,17H,1-4H3,(H,22,23)(H2,20,21,24)/t17-/m1/s1. The van der Waals surface area contributed by atoms with Gasteiger partial charge in [-0.25, -0.2) is 9.59 Å². The van der Waals surface area contributed by atoms with E-state index in [0.717, 1.165) is 0 Å². The maximum Gasteiger partial charge on any atom is 0.331 e. The Morgan fingerprint density at radius 2 is 1.54 bits per heavy atom. The predicted octanol–water partition coefficient (Wildman–Crippen LogP) is 2.67. The molecular weight excluding hydrogens is 368 g/mol. The molecule has 2 amide bonds. The zero-order valence-corrected chi connectivity index (χ0v) is 15.9. The lowest BCUT2D eigenvalue weighted by atomic mass is 10.1. The zero-order chi connectivity index (χ0) is 20.7. The first-order valence-electron chi connectivity index (χ1n) is 8.17. The lowest BCUT2D eigenvalue weighted by Gasteiger charge is -2.19. The molecule has 0 heterocycles. The van der Waals surface area contributed by atoms with E-state index in [2.05, 4.69) is 10.6 Å². The number of carbonyl (C=O) groups excluding carboxylic acids is 1. The Hall–Kier alpha value is -3.62. The molecule has 9 heteroatoms. The van der Waals surface area contributed by atoms with Crippen molar-refractivity contribution in [1.29, 1.82) is 0 Å². The fourth-order valence-electron chi connectivity index (χ4n) is 2.54. The first-order chi connectivity index (χ1) is 13.4. The van der Waals surface area contributed by atoms with E-state index in [9.17, 15) is 14.7 Å². The van der Waals surface area contributed by atoms with Crippen LogP contribution in [0.3, 0.4) is 0 Å². The molecular formula is C19H22N2O7. The second-order valence-corrected chi connectivity index (χ2v) is 5.55. The van der Waals surface area contributed by atoms with Crippen LogP contribution < -0.4 is 29.6 Å². The van der Waals surface area contributed by atoms with Crippen LogP contribution in [0.15, 0.2) is 36.4 Å². The van der Waals surface area contributed by atoms with Crippen molar-refractivity contribution in [3.8, 4) is 23.0 Å². The van der Waals surface area contributed by atoms with Gasteiger partial charge in [-0.3, -0.25) is 0 Å². The smallest absolute Gasteiger partial charge is 0.331 e. The molecule has 9 nitrogen and oxygen atoms in total. The molecule has 0 aliphatic carbocycles. The summed E-state index contributed by atoms with van der Waals surface area (Å²) < 4.78 is 20.7. The third-order valence-corrected chi connectivity index (χ3v) is 3.92. The van der Waals surface area contributed by atoms with Crippen LogP contribution in [0, 0.1) is 0 Å². The van der Waals surface area contributed by atoms with Crippen molar-refractivity contribution in [2.24, 2.45) is 0 Å². The van der Waals surface area contributed by atoms with Crippen molar-refractivity contribution >= 4 is 17.7 Å².